The van der Waals surface area contributed by atoms with Crippen LogP contribution < -0.4 is 5.73 Å². The molecule has 1 nitrogen and oxygen atoms in total. The Labute approximate surface area is 69.3 Å². The molecule has 1 heteroatoms. The van der Waals surface area contributed by atoms with Gasteiger partial charge in [0.1, 0.15) is 0 Å². The molecule has 0 radical (unpaired) electrons. The Hall–Kier alpha value is -0.820. The Kier molecular flexibility index (Phi) is 5.49. The Balaban J connectivity index is 3.73. The maximum atomic E-state index is 5.35. The molecule has 0 aliphatic heterocycles. The van der Waals surface area contributed by atoms with Gasteiger partial charge >= 0.3 is 0 Å². The van der Waals surface area contributed by atoms with Crippen molar-refractivity contribution in [2.24, 2.45) is 5.73 Å². The lowest BCUT2D eigenvalue weighted by Gasteiger charge is -1.95. The van der Waals surface area contributed by atoms with Crippen LogP contribution in [0.15, 0.2) is 36.5 Å². The predicted molar refractivity (Wildman–Crippen MR) is 51.4 cm³/mol. The summed E-state index contributed by atoms with van der Waals surface area (Å²) >= 11 is 0. The van der Waals surface area contributed by atoms with E-state index in [0.717, 1.165) is 24.0 Å². The molecule has 0 atom stereocenters. The molecule has 0 amide bonds. The fourth-order valence-corrected chi connectivity index (χ4v) is 0.708. The number of hydrogen-bond acceptors (Lipinski definition) is 1. The van der Waals surface area contributed by atoms with E-state index < -0.39 is 0 Å². The fourth-order valence-electron chi connectivity index (χ4n) is 0.708. The highest BCUT2D eigenvalue weighted by Gasteiger charge is 1.86. The van der Waals surface area contributed by atoms with E-state index in [1.807, 2.05) is 12.2 Å². The highest BCUT2D eigenvalue weighted by atomic mass is 14.5. The van der Waals surface area contributed by atoms with Crippen LogP contribution in [0.5, 0.6) is 0 Å². The second-order valence-corrected chi connectivity index (χ2v) is 2.60. The summed E-state index contributed by atoms with van der Waals surface area (Å²) in [4.78, 5) is 0. The molecule has 0 heterocycles. The average Bonchev–Trinajstić information content (AvgIpc) is 2.01. The van der Waals surface area contributed by atoms with Crippen LogP contribution >= 0.6 is 0 Å². The first-order valence-electron chi connectivity index (χ1n) is 3.94. The van der Waals surface area contributed by atoms with Gasteiger partial charge in [-0.05, 0) is 12.0 Å². The van der Waals surface area contributed by atoms with Crippen LogP contribution in [0.25, 0.3) is 0 Å². The zero-order chi connectivity index (χ0) is 8.69. The molecule has 62 valence electrons. The summed E-state index contributed by atoms with van der Waals surface area (Å²) in [6, 6.07) is 0. The zero-order valence-corrected chi connectivity index (χ0v) is 7.27. The van der Waals surface area contributed by atoms with Crippen LogP contribution in [0.4, 0.5) is 0 Å². The first-order valence-corrected chi connectivity index (χ1v) is 3.94. The summed E-state index contributed by atoms with van der Waals surface area (Å²) in [7, 11) is 0. The lowest BCUT2D eigenvalue weighted by molar-refractivity contribution is 0.929. The summed E-state index contributed by atoms with van der Waals surface area (Å²) in [5, 5.41) is 0. The topological polar surface area (TPSA) is 26.0 Å². The molecule has 0 aliphatic rings. The Bertz CT molecular complexity index is 166. The highest BCUT2D eigenvalue weighted by molar-refractivity contribution is 5.24. The third-order valence-electron chi connectivity index (χ3n) is 1.39. The van der Waals surface area contributed by atoms with Gasteiger partial charge in [0.05, 0.1) is 0 Å². The molecule has 2 N–H and O–H groups in total. The molecule has 0 fully saturated rings. The molecule has 0 unspecified atom stereocenters. The van der Waals surface area contributed by atoms with Gasteiger partial charge in [-0.1, -0.05) is 44.2 Å². The zero-order valence-electron chi connectivity index (χ0n) is 7.27. The Morgan fingerprint density at radius 1 is 1.27 bits per heavy atom. The number of hydrogen-bond donors (Lipinski definition) is 1. The normalized spacial score (nSPS) is 10.4. The van der Waals surface area contributed by atoms with Crippen molar-refractivity contribution in [3.8, 4) is 0 Å². The minimum Gasteiger partial charge on any atom is -0.327 e. The molecule has 0 aliphatic carbocycles. The first kappa shape index (κ1) is 10.2. The summed E-state index contributed by atoms with van der Waals surface area (Å²) in [6.45, 7) is 10.3. The van der Waals surface area contributed by atoms with Crippen LogP contribution in [-0.2, 0) is 0 Å². The minimum atomic E-state index is 0.524. The first-order chi connectivity index (χ1) is 5.20. The van der Waals surface area contributed by atoms with E-state index in [2.05, 4.69) is 20.1 Å². The highest BCUT2D eigenvalue weighted by Crippen LogP contribution is 2.04. The van der Waals surface area contributed by atoms with Gasteiger partial charge in [-0.25, -0.2) is 0 Å². The maximum absolute atomic E-state index is 5.35. The van der Waals surface area contributed by atoms with E-state index in [1.165, 1.54) is 0 Å². The van der Waals surface area contributed by atoms with Gasteiger partial charge < -0.3 is 5.73 Å². The van der Waals surface area contributed by atoms with Crippen LogP contribution in [0.1, 0.15) is 19.8 Å². The lowest BCUT2D eigenvalue weighted by Crippen LogP contribution is -1.98. The fraction of sp³-hybridized carbons (Fsp3) is 0.400. The van der Waals surface area contributed by atoms with Gasteiger partial charge in [0.25, 0.3) is 0 Å². The summed E-state index contributed by atoms with van der Waals surface area (Å²) in [5.41, 5.74) is 7.44. The van der Waals surface area contributed by atoms with Crippen molar-refractivity contribution in [3.05, 3.63) is 36.5 Å². The van der Waals surface area contributed by atoms with Crippen molar-refractivity contribution in [3.63, 3.8) is 0 Å². The Morgan fingerprint density at radius 2 is 1.82 bits per heavy atom. The van der Waals surface area contributed by atoms with Crippen molar-refractivity contribution >= 4 is 0 Å². The molecule has 11 heavy (non-hydrogen) atoms. The van der Waals surface area contributed by atoms with Gasteiger partial charge in [-0.15, -0.1) is 0 Å². The molecular weight excluding hydrogens is 134 g/mol. The molecular formula is C10H17N. The Morgan fingerprint density at radius 3 is 2.27 bits per heavy atom. The molecule has 0 rings (SSSR count). The second kappa shape index (κ2) is 5.93. The molecule has 0 aromatic heterocycles. The standard InChI is InChI=1S/C10H17N/c1-4-5-9(2)6-7-10(3)8-11/h6-7H,2-5,8,11H2,1H3/b7-6-. The van der Waals surface area contributed by atoms with Crippen molar-refractivity contribution in [1.82, 2.24) is 0 Å². The lowest BCUT2D eigenvalue weighted by atomic mass is 10.1. The van der Waals surface area contributed by atoms with Gasteiger partial charge in [-0.3, -0.25) is 0 Å². The smallest absolute Gasteiger partial charge is 0.0172 e. The molecule has 0 aromatic carbocycles. The van der Waals surface area contributed by atoms with E-state index in [-0.39, 0.29) is 0 Å². The van der Waals surface area contributed by atoms with E-state index in [0.29, 0.717) is 6.54 Å². The quantitative estimate of drug-likeness (QED) is 0.600. The monoisotopic (exact) mass is 151 g/mol. The van der Waals surface area contributed by atoms with Gasteiger partial charge in [-0.2, -0.15) is 0 Å². The van der Waals surface area contributed by atoms with Gasteiger partial charge in [0, 0.05) is 6.54 Å². The van der Waals surface area contributed by atoms with Crippen LogP contribution in [0.2, 0.25) is 0 Å². The van der Waals surface area contributed by atoms with Crippen LogP contribution in [-0.4, -0.2) is 6.54 Å². The van der Waals surface area contributed by atoms with Crippen LogP contribution in [0.3, 0.4) is 0 Å². The van der Waals surface area contributed by atoms with Crippen molar-refractivity contribution < 1.29 is 0 Å². The van der Waals surface area contributed by atoms with E-state index >= 15 is 0 Å². The minimum absolute atomic E-state index is 0.524. The van der Waals surface area contributed by atoms with Gasteiger partial charge in [0.2, 0.25) is 0 Å². The molecule has 0 spiro atoms. The van der Waals surface area contributed by atoms with Gasteiger partial charge in [0.15, 0.2) is 0 Å². The van der Waals surface area contributed by atoms with Crippen molar-refractivity contribution in [1.29, 1.82) is 0 Å². The molecule has 0 saturated heterocycles. The molecule has 0 aromatic rings. The van der Waals surface area contributed by atoms with E-state index in [4.69, 9.17) is 5.73 Å². The number of rotatable bonds is 5. The maximum Gasteiger partial charge on any atom is 0.0172 e. The predicted octanol–water partition coefficient (Wildman–Crippen LogP) is 2.41. The van der Waals surface area contributed by atoms with Crippen molar-refractivity contribution in [2.75, 3.05) is 6.54 Å². The average molecular weight is 151 g/mol. The number of allylic oxidation sites excluding steroid dienone is 2. The molecule has 0 bridgehead atoms. The van der Waals surface area contributed by atoms with Crippen molar-refractivity contribution in [2.45, 2.75) is 19.8 Å². The van der Waals surface area contributed by atoms with E-state index in [9.17, 15) is 0 Å². The largest absolute Gasteiger partial charge is 0.327 e. The molecule has 0 saturated carbocycles. The third kappa shape index (κ3) is 5.62. The summed E-state index contributed by atoms with van der Waals surface area (Å²) < 4.78 is 0. The SMILES string of the molecule is C=C(/C=C\C(=C)CCC)CN. The van der Waals surface area contributed by atoms with E-state index in [1.54, 1.807) is 0 Å². The third-order valence-corrected chi connectivity index (χ3v) is 1.39. The van der Waals surface area contributed by atoms with Crippen LogP contribution in [0, 0.1) is 0 Å². The number of nitrogens with two attached hydrogens (primary N) is 1. The summed E-state index contributed by atoms with van der Waals surface area (Å²) in [6.07, 6.45) is 6.10. The summed E-state index contributed by atoms with van der Waals surface area (Å²) in [5.74, 6) is 0. The second-order valence-electron chi connectivity index (χ2n) is 2.60.